The first-order valence-electron chi connectivity index (χ1n) is 30.7. The average molecular weight is 1360 g/mol. The second-order valence-corrected chi connectivity index (χ2v) is 23.8. The molecule has 482 valence electrons. The molecule has 12 rings (SSSR count). The summed E-state index contributed by atoms with van der Waals surface area (Å²) in [6.45, 7) is 8.58. The van der Waals surface area contributed by atoms with E-state index in [0.717, 1.165) is 82.4 Å². The van der Waals surface area contributed by atoms with E-state index in [9.17, 15) is 24.0 Å². The molecule has 0 unspecified atom stereocenters. The van der Waals surface area contributed by atoms with Crippen LogP contribution in [0.25, 0.3) is 10.2 Å². The van der Waals surface area contributed by atoms with Gasteiger partial charge in [0.15, 0.2) is 10.2 Å². The van der Waals surface area contributed by atoms with Crippen LogP contribution in [0.5, 0.6) is 0 Å². The summed E-state index contributed by atoms with van der Waals surface area (Å²) in [5.41, 5.74) is 19.7. The summed E-state index contributed by atoms with van der Waals surface area (Å²) >= 11 is 6.78. The van der Waals surface area contributed by atoms with Crippen molar-refractivity contribution < 1.29 is 42.9 Å². The number of nitrogens with two attached hydrogens (primary N) is 1. The van der Waals surface area contributed by atoms with Crippen molar-refractivity contribution in [1.29, 1.82) is 0 Å². The van der Waals surface area contributed by atoms with Crippen molar-refractivity contribution in [3.8, 4) is 0 Å². The number of carbonyl (C=O) groups is 5. The molecule has 20 heteroatoms. The van der Waals surface area contributed by atoms with Gasteiger partial charge in [-0.25, -0.2) is 19.4 Å². The molecule has 5 amide bonds. The van der Waals surface area contributed by atoms with E-state index in [1.54, 1.807) is 41.3 Å². The van der Waals surface area contributed by atoms with Crippen LogP contribution < -0.4 is 21.7 Å². The van der Waals surface area contributed by atoms with Gasteiger partial charge in [0, 0.05) is 60.3 Å². The SMILES string of the molecule is Br.CCN(C(=O)OCc1ccccc1)[C@@H]1Cc2cc3nc(NC(=O)c4ccccc4)sc3cc2C1.CCN(C(=O)OCc1ccccc1)[C@H]1Cc2ccc(N)cc2C1.CCN(C(=O)OCc1ccccc1)[C@H]1Cc2ccc(NC(=S)NC(=O)c3ccccc3)cc2C1.F. The molecule has 3 atom stereocenters. The number of hydrogen-bond donors (Lipinski definition) is 4. The van der Waals surface area contributed by atoms with Crippen molar-refractivity contribution in [1.82, 2.24) is 25.0 Å². The summed E-state index contributed by atoms with van der Waals surface area (Å²) in [5.74, 6) is -0.424. The molecule has 0 fully saturated rings. The fraction of sp³-hybridized carbons (Fsp3) is 0.247. The fourth-order valence-corrected chi connectivity index (χ4v) is 12.8. The molecule has 9 aromatic rings. The Morgan fingerprint density at radius 3 is 1.30 bits per heavy atom. The molecule has 0 aliphatic heterocycles. The lowest BCUT2D eigenvalue weighted by molar-refractivity contribution is 0.0832. The van der Waals surface area contributed by atoms with Crippen LogP contribution in [0.15, 0.2) is 200 Å². The molecule has 1 aromatic heterocycles. The van der Waals surface area contributed by atoms with Crippen molar-refractivity contribution in [2.24, 2.45) is 0 Å². The summed E-state index contributed by atoms with van der Waals surface area (Å²) in [5, 5.41) is 9.51. The van der Waals surface area contributed by atoms with Crippen LogP contribution in [0, 0.1) is 0 Å². The van der Waals surface area contributed by atoms with E-state index in [4.69, 9.17) is 32.2 Å². The molecule has 93 heavy (non-hydrogen) atoms. The zero-order chi connectivity index (χ0) is 63.6. The molecule has 3 aliphatic carbocycles. The lowest BCUT2D eigenvalue weighted by atomic mass is 10.1. The number of anilines is 3. The molecule has 16 nitrogen and oxygen atoms in total. The summed E-state index contributed by atoms with van der Waals surface area (Å²) in [7, 11) is 0. The lowest BCUT2D eigenvalue weighted by Gasteiger charge is -2.26. The highest BCUT2D eigenvalue weighted by Gasteiger charge is 2.33. The van der Waals surface area contributed by atoms with Crippen molar-refractivity contribution in [3.63, 3.8) is 0 Å². The molecule has 8 aromatic carbocycles. The molecule has 0 radical (unpaired) electrons. The van der Waals surface area contributed by atoms with Gasteiger partial charge in [0.25, 0.3) is 11.8 Å². The lowest BCUT2D eigenvalue weighted by Crippen LogP contribution is -2.41. The van der Waals surface area contributed by atoms with Crippen molar-refractivity contribution in [3.05, 3.63) is 261 Å². The monoisotopic (exact) mass is 1350 g/mol. The van der Waals surface area contributed by atoms with Crippen LogP contribution in [0.4, 0.5) is 35.6 Å². The second-order valence-electron chi connectivity index (χ2n) is 22.4. The van der Waals surface area contributed by atoms with Gasteiger partial charge in [0.2, 0.25) is 0 Å². The van der Waals surface area contributed by atoms with Gasteiger partial charge in [-0.15, -0.1) is 17.0 Å². The molecule has 0 saturated heterocycles. The fourth-order valence-electron chi connectivity index (χ4n) is 11.7. The number of carbonyl (C=O) groups excluding carboxylic acids is 5. The Morgan fingerprint density at radius 1 is 0.484 bits per heavy atom. The molecule has 0 spiro atoms. The number of likely N-dealkylation sites (N-methyl/N-ethyl adjacent to an activating group) is 3. The standard InChI is InChI=1S/C27H25N3O3S.C27H27N3O3S.C19H22N2O2.BrH.FH/c1-2-30(27(32)33-17-18-9-5-3-6-10-18)22-13-20-15-23-24(16-21(20)14-22)34-26(28-23)29-25(31)19-11-7-4-8-12-19;1-2-30(27(32)33-18-19-9-5-3-6-10-19)24-16-21-13-14-23(15-22(21)17-24)28-26(34)29-25(31)20-11-7-4-8-12-20;1-2-21(19(22)23-13-14-6-4-3-5-7-14)18-11-15-8-9-17(20)10-16(15)12-18;;/h3-12,15-16,22H,2,13-14,17H2,1H3,(H,28,29,31);3-15,24H,2,16-18H2,1H3,(H2,28,29,31,34);3-10,18H,2,11-13,20H2,1H3;2*1H/t22-;24-;18-;;/m100../s1. The molecule has 3 aliphatic rings. The van der Waals surface area contributed by atoms with Gasteiger partial charge in [0.1, 0.15) is 19.8 Å². The number of ether oxygens (including phenoxy) is 3. The molecule has 1 heterocycles. The molecular weight excluding hydrogens is 1280 g/mol. The Balaban J connectivity index is 0.000000181. The highest BCUT2D eigenvalue weighted by atomic mass is 79.9. The normalized spacial score (nSPS) is 14.4. The smallest absolute Gasteiger partial charge is 0.410 e. The number of amides is 5. The summed E-state index contributed by atoms with van der Waals surface area (Å²) in [4.78, 5) is 72.8. The van der Waals surface area contributed by atoms with Crippen LogP contribution in [-0.4, -0.2) is 92.7 Å². The van der Waals surface area contributed by atoms with E-state index in [-0.39, 0.29) is 88.2 Å². The zero-order valence-electron chi connectivity index (χ0n) is 52.0. The second kappa shape index (κ2) is 33.7. The van der Waals surface area contributed by atoms with Gasteiger partial charge < -0.3 is 40.0 Å². The van der Waals surface area contributed by atoms with E-state index in [1.807, 2.05) is 176 Å². The van der Waals surface area contributed by atoms with Crippen LogP contribution in [0.3, 0.4) is 0 Å². The molecule has 0 bridgehead atoms. The Kier molecular flexibility index (Phi) is 25.2. The number of nitrogens with one attached hydrogen (secondary N) is 3. The van der Waals surface area contributed by atoms with Crippen LogP contribution >= 0.6 is 40.5 Å². The Morgan fingerprint density at radius 2 is 0.860 bits per heavy atom. The first-order chi connectivity index (χ1) is 44.3. The Labute approximate surface area is 561 Å². The van der Waals surface area contributed by atoms with E-state index in [2.05, 4.69) is 39.1 Å². The van der Waals surface area contributed by atoms with Gasteiger partial charge in [-0.3, -0.25) is 24.9 Å². The number of rotatable bonds is 16. The summed E-state index contributed by atoms with van der Waals surface area (Å²) in [6, 6.07) is 63.7. The highest BCUT2D eigenvalue weighted by Crippen LogP contribution is 2.35. The Hall–Kier alpha value is -9.50. The van der Waals surface area contributed by atoms with Crippen molar-refractivity contribution >= 4 is 102 Å². The number of benzene rings is 8. The number of hydrogen-bond acceptors (Lipinski definition) is 12. The predicted octanol–water partition coefficient (Wildman–Crippen LogP) is 14.7. The minimum Gasteiger partial charge on any atom is -0.445 e. The third kappa shape index (κ3) is 18.6. The van der Waals surface area contributed by atoms with Gasteiger partial charge in [-0.2, -0.15) is 0 Å². The minimum absolute atomic E-state index is 0. The van der Waals surface area contributed by atoms with Crippen LogP contribution in [0.1, 0.15) is 91.6 Å². The van der Waals surface area contributed by atoms with Crippen molar-refractivity contribution in [2.75, 3.05) is 36.0 Å². The number of nitrogens with zero attached hydrogens (tertiary/aromatic N) is 4. The largest absolute Gasteiger partial charge is 0.445 e. The number of nitrogen functional groups attached to an aromatic ring is 1. The number of fused-ring (bicyclic) bond motifs is 4. The number of thiazole rings is 1. The Bertz CT molecular complexity index is 3950. The number of aromatic nitrogens is 1. The van der Waals surface area contributed by atoms with Gasteiger partial charge >= 0.3 is 18.3 Å². The topological polar surface area (TPSA) is 198 Å². The highest BCUT2D eigenvalue weighted by molar-refractivity contribution is 8.93. The first kappa shape index (κ1) is 69.4. The first-order valence-corrected chi connectivity index (χ1v) is 31.9. The minimum atomic E-state index is -0.299. The summed E-state index contributed by atoms with van der Waals surface area (Å²) < 4.78 is 17.6. The summed E-state index contributed by atoms with van der Waals surface area (Å²) in [6.07, 6.45) is 3.94. The third-order valence-electron chi connectivity index (χ3n) is 16.3. The number of thiocarbonyl (C=S) groups is 1. The van der Waals surface area contributed by atoms with Gasteiger partial charge in [-0.05, 0) is 182 Å². The molecule has 5 N–H and O–H groups in total. The van der Waals surface area contributed by atoms with E-state index >= 15 is 0 Å². The average Bonchev–Trinajstić information content (AvgIpc) is 1.68. The van der Waals surface area contributed by atoms with E-state index < -0.39 is 0 Å². The van der Waals surface area contributed by atoms with Crippen LogP contribution in [0.2, 0.25) is 0 Å². The van der Waals surface area contributed by atoms with Crippen molar-refractivity contribution in [2.45, 2.75) is 97.2 Å². The van der Waals surface area contributed by atoms with E-state index in [0.29, 0.717) is 42.5 Å². The maximum atomic E-state index is 12.8. The number of halogens is 2. The molecule has 0 saturated carbocycles. The third-order valence-corrected chi connectivity index (χ3v) is 17.5. The quantitative estimate of drug-likeness (QED) is 0.0406. The van der Waals surface area contributed by atoms with Crippen LogP contribution in [-0.2, 0) is 72.6 Å². The molecular formula is C73H76BrFN8O8S2. The predicted molar refractivity (Wildman–Crippen MR) is 375 cm³/mol. The van der Waals surface area contributed by atoms with E-state index in [1.165, 1.54) is 39.2 Å². The van der Waals surface area contributed by atoms with Gasteiger partial charge in [-0.1, -0.05) is 151 Å². The maximum absolute atomic E-state index is 12.8. The zero-order valence-corrected chi connectivity index (χ0v) is 55.4. The van der Waals surface area contributed by atoms with Gasteiger partial charge in [0.05, 0.1) is 10.2 Å². The maximum Gasteiger partial charge on any atom is 0.410 e.